The van der Waals surface area contributed by atoms with Crippen molar-refractivity contribution in [2.24, 2.45) is 0 Å². The third kappa shape index (κ3) is 3.68. The average Bonchev–Trinajstić information content (AvgIpc) is 2.42. The van der Waals surface area contributed by atoms with Crippen LogP contribution in [0.1, 0.15) is 25.8 Å². The number of morpholine rings is 1. The third-order valence-corrected chi connectivity index (χ3v) is 3.17. The lowest BCUT2D eigenvalue weighted by atomic mass is 10.2. The van der Waals surface area contributed by atoms with Crippen LogP contribution in [0.2, 0.25) is 0 Å². The molecule has 0 amide bonds. The van der Waals surface area contributed by atoms with Gasteiger partial charge in [-0.05, 0) is 18.9 Å². The van der Waals surface area contributed by atoms with Crippen LogP contribution in [0.5, 0.6) is 5.88 Å². The lowest BCUT2D eigenvalue weighted by Gasteiger charge is -2.32. The summed E-state index contributed by atoms with van der Waals surface area (Å²) < 4.78 is 11.0. The third-order valence-electron chi connectivity index (χ3n) is 3.17. The number of aromatic nitrogens is 1. The van der Waals surface area contributed by atoms with Gasteiger partial charge in [-0.3, -0.25) is 4.90 Å². The number of rotatable bonds is 5. The maximum atomic E-state index is 5.67. The van der Waals surface area contributed by atoms with Crippen molar-refractivity contribution < 1.29 is 9.47 Å². The van der Waals surface area contributed by atoms with Crippen LogP contribution >= 0.6 is 0 Å². The summed E-state index contributed by atoms with van der Waals surface area (Å²) in [5.74, 6) is 0.703. The Bertz CT molecular complexity index is 353. The van der Waals surface area contributed by atoms with Gasteiger partial charge in [0.2, 0.25) is 5.88 Å². The number of hydrogen-bond donors (Lipinski definition) is 0. The molecule has 100 valence electrons. The molecule has 2 rings (SSSR count). The van der Waals surface area contributed by atoms with Crippen molar-refractivity contribution in [1.29, 1.82) is 0 Å². The van der Waals surface area contributed by atoms with E-state index < -0.39 is 0 Å². The van der Waals surface area contributed by atoms with Gasteiger partial charge in [-0.2, -0.15) is 0 Å². The van der Waals surface area contributed by atoms with Crippen molar-refractivity contribution in [2.45, 2.75) is 32.9 Å². The van der Waals surface area contributed by atoms with Gasteiger partial charge < -0.3 is 9.47 Å². The highest BCUT2D eigenvalue weighted by atomic mass is 16.5. The van der Waals surface area contributed by atoms with Gasteiger partial charge >= 0.3 is 0 Å². The first-order chi connectivity index (χ1) is 8.81. The first-order valence-electron chi connectivity index (χ1n) is 6.73. The van der Waals surface area contributed by atoms with Crippen molar-refractivity contribution in [2.75, 3.05) is 26.3 Å². The molecule has 2 heterocycles. The molecule has 0 radical (unpaired) electrons. The van der Waals surface area contributed by atoms with Crippen molar-refractivity contribution in [3.8, 4) is 5.88 Å². The summed E-state index contributed by atoms with van der Waals surface area (Å²) in [7, 11) is 0. The van der Waals surface area contributed by atoms with Crippen molar-refractivity contribution in [3.05, 3.63) is 23.9 Å². The fraction of sp³-hybridized carbons (Fsp3) is 0.643. The highest BCUT2D eigenvalue weighted by Gasteiger charge is 2.18. The molecule has 1 aromatic rings. The van der Waals surface area contributed by atoms with Crippen molar-refractivity contribution >= 4 is 0 Å². The predicted octanol–water partition coefficient (Wildman–Crippen LogP) is 2.09. The molecule has 1 aliphatic heterocycles. The first kappa shape index (κ1) is 13.3. The minimum atomic E-state index is 0.384. The lowest BCUT2D eigenvalue weighted by Crippen LogP contribution is -2.41. The Kier molecular flexibility index (Phi) is 4.96. The highest BCUT2D eigenvalue weighted by Crippen LogP contribution is 2.13. The van der Waals surface area contributed by atoms with Crippen LogP contribution in [0.3, 0.4) is 0 Å². The molecule has 0 spiro atoms. The molecule has 1 saturated heterocycles. The van der Waals surface area contributed by atoms with Crippen LogP contribution in [0.25, 0.3) is 0 Å². The van der Waals surface area contributed by atoms with Crippen LogP contribution in [0.4, 0.5) is 0 Å². The molecule has 1 aliphatic rings. The van der Waals surface area contributed by atoms with Crippen LogP contribution in [0.15, 0.2) is 18.3 Å². The fourth-order valence-electron chi connectivity index (χ4n) is 2.17. The fourth-order valence-corrected chi connectivity index (χ4v) is 2.17. The first-order valence-corrected chi connectivity index (χ1v) is 6.73. The van der Waals surface area contributed by atoms with Gasteiger partial charge in [-0.1, -0.05) is 13.0 Å². The second-order valence-electron chi connectivity index (χ2n) is 4.57. The van der Waals surface area contributed by atoms with Crippen LogP contribution in [0, 0.1) is 0 Å². The molecule has 0 N–H and O–H groups in total. The van der Waals surface area contributed by atoms with E-state index in [0.717, 1.165) is 32.7 Å². The Hall–Kier alpha value is -1.13. The summed E-state index contributed by atoms with van der Waals surface area (Å²) in [6, 6.07) is 4.03. The molecule has 1 fully saturated rings. The molecule has 4 heteroatoms. The predicted molar refractivity (Wildman–Crippen MR) is 70.7 cm³/mol. The Labute approximate surface area is 109 Å². The molecule has 0 bridgehead atoms. The van der Waals surface area contributed by atoms with Crippen molar-refractivity contribution in [1.82, 2.24) is 9.88 Å². The normalized spacial score (nSPS) is 20.9. The smallest absolute Gasteiger partial charge is 0.213 e. The van der Waals surface area contributed by atoms with Gasteiger partial charge in [0.15, 0.2) is 0 Å². The summed E-state index contributed by atoms with van der Waals surface area (Å²) in [5.41, 5.74) is 1.23. The zero-order chi connectivity index (χ0) is 12.8. The second-order valence-corrected chi connectivity index (χ2v) is 4.57. The minimum absolute atomic E-state index is 0.384. The van der Waals surface area contributed by atoms with E-state index in [-0.39, 0.29) is 0 Å². The molecule has 4 nitrogen and oxygen atoms in total. The molecule has 0 unspecified atom stereocenters. The van der Waals surface area contributed by atoms with E-state index >= 15 is 0 Å². The quantitative estimate of drug-likeness (QED) is 0.801. The summed E-state index contributed by atoms with van der Waals surface area (Å²) in [6.45, 7) is 8.60. The SMILES string of the molecule is CCOc1ccc(CN2CCO[C@@H](CC)C2)cn1. The molecule has 1 atom stereocenters. The Morgan fingerprint density at radius 3 is 3.00 bits per heavy atom. The van der Waals surface area contributed by atoms with Crippen LogP contribution in [-0.4, -0.2) is 42.3 Å². The molecule has 1 aromatic heterocycles. The zero-order valence-corrected chi connectivity index (χ0v) is 11.3. The lowest BCUT2D eigenvalue weighted by molar-refractivity contribution is -0.0325. The van der Waals surface area contributed by atoms with Gasteiger partial charge in [-0.25, -0.2) is 4.98 Å². The Balaban J connectivity index is 1.88. The van der Waals surface area contributed by atoms with E-state index in [1.54, 1.807) is 0 Å². The van der Waals surface area contributed by atoms with E-state index in [1.807, 2.05) is 19.2 Å². The molecule has 0 saturated carbocycles. The number of nitrogens with zero attached hydrogens (tertiary/aromatic N) is 2. The van der Waals surface area contributed by atoms with Crippen LogP contribution in [-0.2, 0) is 11.3 Å². The van der Waals surface area contributed by atoms with E-state index in [4.69, 9.17) is 9.47 Å². The minimum Gasteiger partial charge on any atom is -0.478 e. The van der Waals surface area contributed by atoms with Gasteiger partial charge in [-0.15, -0.1) is 0 Å². The van der Waals surface area contributed by atoms with Gasteiger partial charge in [0.1, 0.15) is 0 Å². The molecular formula is C14H22N2O2. The van der Waals surface area contributed by atoms with Gasteiger partial charge in [0.05, 0.1) is 19.3 Å². The number of hydrogen-bond acceptors (Lipinski definition) is 4. The number of pyridine rings is 1. The van der Waals surface area contributed by atoms with E-state index in [1.165, 1.54) is 5.56 Å². The van der Waals surface area contributed by atoms with Gasteiger partial charge in [0.25, 0.3) is 0 Å². The summed E-state index contributed by atoms with van der Waals surface area (Å²) >= 11 is 0. The topological polar surface area (TPSA) is 34.6 Å². The maximum absolute atomic E-state index is 5.67. The monoisotopic (exact) mass is 250 g/mol. The molecule has 0 aliphatic carbocycles. The average molecular weight is 250 g/mol. The largest absolute Gasteiger partial charge is 0.478 e. The summed E-state index contributed by atoms with van der Waals surface area (Å²) in [4.78, 5) is 6.72. The number of ether oxygens (including phenoxy) is 2. The second kappa shape index (κ2) is 6.71. The Morgan fingerprint density at radius 2 is 2.33 bits per heavy atom. The van der Waals surface area contributed by atoms with E-state index in [2.05, 4.69) is 22.9 Å². The molecule has 18 heavy (non-hydrogen) atoms. The van der Waals surface area contributed by atoms with Crippen LogP contribution < -0.4 is 4.74 Å². The molecule has 0 aromatic carbocycles. The molecular weight excluding hydrogens is 228 g/mol. The van der Waals surface area contributed by atoms with Crippen molar-refractivity contribution in [3.63, 3.8) is 0 Å². The summed E-state index contributed by atoms with van der Waals surface area (Å²) in [5, 5.41) is 0. The maximum Gasteiger partial charge on any atom is 0.213 e. The van der Waals surface area contributed by atoms with Gasteiger partial charge in [0, 0.05) is 31.9 Å². The summed E-state index contributed by atoms with van der Waals surface area (Å²) in [6.07, 6.45) is 3.37. The highest BCUT2D eigenvalue weighted by molar-refractivity contribution is 5.17. The Morgan fingerprint density at radius 1 is 1.44 bits per heavy atom. The van der Waals surface area contributed by atoms with E-state index in [0.29, 0.717) is 18.6 Å². The zero-order valence-electron chi connectivity index (χ0n) is 11.3. The van der Waals surface area contributed by atoms with E-state index in [9.17, 15) is 0 Å². The standard InChI is InChI=1S/C14H22N2O2/c1-3-13-11-16(7-8-18-13)10-12-5-6-14(15-9-12)17-4-2/h5-6,9,13H,3-4,7-8,10-11H2,1-2H3/t13-/m0/s1.